The number of carbonyl (C=O) groups is 2. The Hall–Kier alpha value is -2.17. The van der Waals surface area contributed by atoms with E-state index in [2.05, 4.69) is 9.72 Å². The van der Waals surface area contributed by atoms with Crippen molar-refractivity contribution < 1.29 is 18.7 Å². The molecule has 0 atom stereocenters. The molecule has 0 amide bonds. The standard InChI is InChI=1S/C12H11NO4/c1-2-16-12(15)9(14)7-11-13-8-5-3-4-6-10(8)17-11/h3-6H,2,7H2,1H3. The molecule has 0 bridgehead atoms. The molecule has 2 rings (SSSR count). The number of aromatic nitrogens is 1. The molecule has 0 saturated heterocycles. The highest BCUT2D eigenvalue weighted by molar-refractivity contribution is 6.33. The predicted molar refractivity (Wildman–Crippen MR) is 59.4 cm³/mol. The second kappa shape index (κ2) is 4.78. The van der Waals surface area contributed by atoms with Crippen LogP contribution in [0.4, 0.5) is 0 Å². The summed E-state index contributed by atoms with van der Waals surface area (Å²) in [6.07, 6.45) is -0.173. The number of benzene rings is 1. The lowest BCUT2D eigenvalue weighted by Gasteiger charge is -1.97. The summed E-state index contributed by atoms with van der Waals surface area (Å²) >= 11 is 0. The summed E-state index contributed by atoms with van der Waals surface area (Å²) in [6.45, 7) is 1.82. The Kier molecular flexibility index (Phi) is 3.18. The van der Waals surface area contributed by atoms with Crippen molar-refractivity contribution in [1.82, 2.24) is 4.98 Å². The molecule has 17 heavy (non-hydrogen) atoms. The van der Waals surface area contributed by atoms with Gasteiger partial charge in [0.05, 0.1) is 13.0 Å². The number of ether oxygens (including phenoxy) is 1. The molecular weight excluding hydrogens is 222 g/mol. The third-order valence-electron chi connectivity index (χ3n) is 2.15. The number of fused-ring (bicyclic) bond motifs is 1. The summed E-state index contributed by atoms with van der Waals surface area (Å²) in [6, 6.07) is 7.16. The first-order chi connectivity index (χ1) is 8.20. The minimum absolute atomic E-state index is 0.173. The van der Waals surface area contributed by atoms with Crippen LogP contribution in [0.3, 0.4) is 0 Å². The number of carbonyl (C=O) groups excluding carboxylic acids is 2. The average molecular weight is 233 g/mol. The Morgan fingerprint density at radius 1 is 1.35 bits per heavy atom. The first kappa shape index (κ1) is 11.3. The van der Waals surface area contributed by atoms with Crippen molar-refractivity contribution in [2.24, 2.45) is 0 Å². The molecular formula is C12H11NO4. The smallest absolute Gasteiger partial charge is 0.375 e. The van der Waals surface area contributed by atoms with Crippen molar-refractivity contribution in [3.8, 4) is 0 Å². The molecule has 0 radical (unpaired) electrons. The largest absolute Gasteiger partial charge is 0.460 e. The van der Waals surface area contributed by atoms with Crippen molar-refractivity contribution in [2.45, 2.75) is 13.3 Å². The molecule has 1 heterocycles. The van der Waals surface area contributed by atoms with Crippen molar-refractivity contribution in [3.05, 3.63) is 30.2 Å². The molecule has 0 spiro atoms. The van der Waals surface area contributed by atoms with E-state index in [4.69, 9.17) is 4.42 Å². The first-order valence-corrected chi connectivity index (χ1v) is 5.25. The zero-order valence-corrected chi connectivity index (χ0v) is 9.30. The fourth-order valence-electron chi connectivity index (χ4n) is 1.42. The van der Waals surface area contributed by atoms with Gasteiger partial charge in [0.25, 0.3) is 0 Å². The van der Waals surface area contributed by atoms with Gasteiger partial charge < -0.3 is 9.15 Å². The highest BCUT2D eigenvalue weighted by atomic mass is 16.5. The molecule has 0 aliphatic carbocycles. The van der Waals surface area contributed by atoms with Gasteiger partial charge in [-0.1, -0.05) is 12.1 Å². The fraction of sp³-hybridized carbons (Fsp3) is 0.250. The SMILES string of the molecule is CCOC(=O)C(=O)Cc1nc2ccccc2o1. The van der Waals surface area contributed by atoms with Gasteiger partial charge in [0.15, 0.2) is 5.58 Å². The minimum atomic E-state index is -0.852. The lowest BCUT2D eigenvalue weighted by atomic mass is 10.3. The topological polar surface area (TPSA) is 69.4 Å². The van der Waals surface area contributed by atoms with Gasteiger partial charge in [0.2, 0.25) is 11.7 Å². The van der Waals surface area contributed by atoms with Crippen LogP contribution in [0, 0.1) is 0 Å². The molecule has 0 saturated carbocycles. The van der Waals surface area contributed by atoms with Gasteiger partial charge >= 0.3 is 5.97 Å². The van der Waals surface area contributed by atoms with E-state index in [1.807, 2.05) is 12.1 Å². The maximum atomic E-state index is 11.4. The number of Topliss-reactive ketones (excluding diaryl/α,β-unsaturated/α-hetero) is 1. The second-order valence-electron chi connectivity index (χ2n) is 3.40. The highest BCUT2D eigenvalue weighted by Gasteiger charge is 2.18. The van der Waals surface area contributed by atoms with Crippen molar-refractivity contribution in [1.29, 1.82) is 0 Å². The van der Waals surface area contributed by atoms with E-state index in [9.17, 15) is 9.59 Å². The lowest BCUT2D eigenvalue weighted by Crippen LogP contribution is -2.19. The normalized spacial score (nSPS) is 10.4. The summed E-state index contributed by atoms with van der Waals surface area (Å²) in [5, 5.41) is 0. The Labute approximate surface area is 97.4 Å². The zero-order chi connectivity index (χ0) is 12.3. The van der Waals surface area contributed by atoms with E-state index in [-0.39, 0.29) is 18.9 Å². The molecule has 0 aliphatic rings. The maximum absolute atomic E-state index is 11.4. The average Bonchev–Trinajstić information content (AvgIpc) is 2.71. The molecule has 0 N–H and O–H groups in total. The summed E-state index contributed by atoms with van der Waals surface area (Å²) < 4.78 is 9.92. The molecule has 0 aliphatic heterocycles. The number of ketones is 1. The maximum Gasteiger partial charge on any atom is 0.375 e. The van der Waals surface area contributed by atoms with Crippen LogP contribution in [0.5, 0.6) is 0 Å². The summed E-state index contributed by atoms with van der Waals surface area (Å²) in [4.78, 5) is 26.6. The van der Waals surface area contributed by atoms with Crippen LogP contribution in [-0.4, -0.2) is 23.3 Å². The number of oxazole rings is 1. The number of hydrogen-bond acceptors (Lipinski definition) is 5. The van der Waals surface area contributed by atoms with E-state index in [1.165, 1.54) is 0 Å². The molecule has 5 nitrogen and oxygen atoms in total. The highest BCUT2D eigenvalue weighted by Crippen LogP contribution is 2.15. The minimum Gasteiger partial charge on any atom is -0.460 e. The van der Waals surface area contributed by atoms with Crippen LogP contribution in [0.1, 0.15) is 12.8 Å². The van der Waals surface area contributed by atoms with Crippen molar-refractivity contribution in [2.75, 3.05) is 6.61 Å². The number of para-hydroxylation sites is 2. The van der Waals surface area contributed by atoms with Crippen LogP contribution < -0.4 is 0 Å². The van der Waals surface area contributed by atoms with Gasteiger partial charge in [0, 0.05) is 0 Å². The van der Waals surface area contributed by atoms with E-state index < -0.39 is 11.8 Å². The van der Waals surface area contributed by atoms with Crippen LogP contribution in [0.2, 0.25) is 0 Å². The quantitative estimate of drug-likeness (QED) is 0.591. The van der Waals surface area contributed by atoms with Gasteiger partial charge in [-0.3, -0.25) is 4.79 Å². The molecule has 0 unspecified atom stereocenters. The molecule has 5 heteroatoms. The predicted octanol–water partition coefficient (Wildman–Crippen LogP) is 1.50. The number of hydrogen-bond donors (Lipinski definition) is 0. The lowest BCUT2D eigenvalue weighted by molar-refractivity contribution is -0.153. The fourth-order valence-corrected chi connectivity index (χ4v) is 1.42. The number of rotatable bonds is 4. The van der Waals surface area contributed by atoms with Crippen LogP contribution in [0.25, 0.3) is 11.1 Å². The van der Waals surface area contributed by atoms with E-state index >= 15 is 0 Å². The molecule has 2 aromatic rings. The Bertz CT molecular complexity index is 525. The van der Waals surface area contributed by atoms with E-state index in [0.29, 0.717) is 11.1 Å². The summed E-state index contributed by atoms with van der Waals surface area (Å²) in [7, 11) is 0. The third kappa shape index (κ3) is 2.50. The van der Waals surface area contributed by atoms with Crippen LogP contribution >= 0.6 is 0 Å². The van der Waals surface area contributed by atoms with Gasteiger partial charge in [-0.25, -0.2) is 9.78 Å². The van der Waals surface area contributed by atoms with E-state index in [1.54, 1.807) is 19.1 Å². The molecule has 1 aromatic heterocycles. The summed E-state index contributed by atoms with van der Waals surface area (Å²) in [5.41, 5.74) is 1.26. The molecule has 1 aromatic carbocycles. The Balaban J connectivity index is 2.13. The molecule has 0 fully saturated rings. The second-order valence-corrected chi connectivity index (χ2v) is 3.40. The molecule has 88 valence electrons. The van der Waals surface area contributed by atoms with Gasteiger partial charge in [-0.2, -0.15) is 0 Å². The van der Waals surface area contributed by atoms with Gasteiger partial charge in [0.1, 0.15) is 5.52 Å². The van der Waals surface area contributed by atoms with E-state index in [0.717, 1.165) is 0 Å². The Morgan fingerprint density at radius 3 is 2.82 bits per heavy atom. The monoisotopic (exact) mass is 233 g/mol. The van der Waals surface area contributed by atoms with Crippen molar-refractivity contribution >= 4 is 22.9 Å². The zero-order valence-electron chi connectivity index (χ0n) is 9.30. The third-order valence-corrected chi connectivity index (χ3v) is 2.15. The Morgan fingerprint density at radius 2 is 2.12 bits per heavy atom. The van der Waals surface area contributed by atoms with Crippen LogP contribution in [0.15, 0.2) is 28.7 Å². The number of esters is 1. The number of nitrogens with zero attached hydrogens (tertiary/aromatic N) is 1. The van der Waals surface area contributed by atoms with Gasteiger partial charge in [-0.15, -0.1) is 0 Å². The van der Waals surface area contributed by atoms with Gasteiger partial charge in [-0.05, 0) is 19.1 Å². The first-order valence-electron chi connectivity index (χ1n) is 5.25. The van der Waals surface area contributed by atoms with Crippen molar-refractivity contribution in [3.63, 3.8) is 0 Å². The van der Waals surface area contributed by atoms with Crippen LogP contribution in [-0.2, 0) is 20.7 Å². The summed E-state index contributed by atoms with van der Waals surface area (Å²) in [5.74, 6) is -1.28.